The van der Waals surface area contributed by atoms with Gasteiger partial charge in [-0.15, -0.1) is 0 Å². The van der Waals surface area contributed by atoms with E-state index in [0.717, 1.165) is 42.9 Å². The van der Waals surface area contributed by atoms with Gasteiger partial charge in [0.05, 0.1) is 17.1 Å². The number of rotatable bonds is 6. The first-order valence-electron chi connectivity index (χ1n) is 11.9. The summed E-state index contributed by atoms with van der Waals surface area (Å²) in [6.45, 7) is 6.84. The van der Waals surface area contributed by atoms with Crippen LogP contribution in [0.4, 0.5) is 0 Å². The Morgan fingerprint density at radius 1 is 1.16 bits per heavy atom. The average Bonchev–Trinajstić information content (AvgIpc) is 3.37. The first-order chi connectivity index (χ1) is 15.4. The number of ether oxygens (including phenoxy) is 1. The van der Waals surface area contributed by atoms with Crippen LogP contribution >= 0.6 is 0 Å². The quantitative estimate of drug-likeness (QED) is 0.615. The molecule has 0 unspecified atom stereocenters. The van der Waals surface area contributed by atoms with Gasteiger partial charge in [-0.25, -0.2) is 4.98 Å². The van der Waals surface area contributed by atoms with Crippen LogP contribution in [-0.4, -0.2) is 52.8 Å². The van der Waals surface area contributed by atoms with E-state index in [0.29, 0.717) is 11.7 Å². The molecule has 0 spiro atoms. The van der Waals surface area contributed by atoms with Crippen LogP contribution < -0.4 is 0 Å². The van der Waals surface area contributed by atoms with E-state index in [1.165, 1.54) is 36.1 Å². The summed E-state index contributed by atoms with van der Waals surface area (Å²) in [6, 6.07) is 15.3. The Morgan fingerprint density at radius 2 is 1.91 bits per heavy atom. The maximum atomic E-state index is 10.2. The van der Waals surface area contributed by atoms with E-state index in [1.807, 2.05) is 7.11 Å². The predicted octanol–water partition coefficient (Wildman–Crippen LogP) is 4.08. The van der Waals surface area contributed by atoms with Gasteiger partial charge < -0.3 is 19.7 Å². The number of hydrogen-bond donors (Lipinski definition) is 2. The van der Waals surface area contributed by atoms with E-state index >= 15 is 0 Å². The molecule has 170 valence electrons. The molecule has 1 saturated heterocycles. The Balaban J connectivity index is 1.21. The fourth-order valence-electron chi connectivity index (χ4n) is 5.62. The van der Waals surface area contributed by atoms with Crippen LogP contribution in [0.25, 0.3) is 11.0 Å². The van der Waals surface area contributed by atoms with Gasteiger partial charge in [0.1, 0.15) is 11.4 Å². The highest BCUT2D eigenvalue weighted by Crippen LogP contribution is 2.30. The number of nitrogens with one attached hydrogen (secondary N) is 1. The molecule has 0 amide bonds. The number of imidazole rings is 1. The number of aromatic nitrogens is 2. The number of hydrogen-bond acceptors (Lipinski definition) is 4. The molecule has 32 heavy (non-hydrogen) atoms. The average molecular weight is 434 g/mol. The van der Waals surface area contributed by atoms with E-state index < -0.39 is 5.60 Å². The lowest BCUT2D eigenvalue weighted by atomic mass is 9.87. The van der Waals surface area contributed by atoms with Gasteiger partial charge in [0.15, 0.2) is 0 Å². The van der Waals surface area contributed by atoms with Gasteiger partial charge in [-0.3, -0.25) is 0 Å². The number of aliphatic hydroxyl groups is 1. The minimum absolute atomic E-state index is 0.261. The summed E-state index contributed by atoms with van der Waals surface area (Å²) in [5.74, 6) is 1.86. The standard InChI is InChI=1S/C27H35N3O2/c1-27(2,31)26-28-23-9-8-18(15-24(23)29-26)12-22-10-11-30(17-25(22)32-3)16-19-13-20-6-4-5-7-21(20)14-19/h4-9,15,19,22,25,31H,10-14,16-17H2,1-3H3,(H,28,29)/t22-,25-/m0/s1. The number of methoxy groups -OCH3 is 1. The number of benzene rings is 2. The number of aromatic amines is 1. The summed E-state index contributed by atoms with van der Waals surface area (Å²) in [5.41, 5.74) is 5.31. The molecular weight excluding hydrogens is 398 g/mol. The monoisotopic (exact) mass is 433 g/mol. The molecule has 1 fully saturated rings. The van der Waals surface area contributed by atoms with Gasteiger partial charge in [-0.1, -0.05) is 30.3 Å². The minimum atomic E-state index is -0.964. The molecule has 1 aliphatic carbocycles. The molecule has 5 rings (SSSR count). The Hall–Kier alpha value is -2.21. The highest BCUT2D eigenvalue weighted by atomic mass is 16.5. The Kier molecular flexibility index (Phi) is 5.82. The van der Waals surface area contributed by atoms with Crippen molar-refractivity contribution in [2.24, 2.45) is 11.8 Å². The second kappa shape index (κ2) is 8.62. The van der Waals surface area contributed by atoms with Gasteiger partial charge in [-0.05, 0) is 86.7 Å². The molecule has 2 atom stereocenters. The summed E-state index contributed by atoms with van der Waals surface area (Å²) in [6.07, 6.45) is 4.86. The van der Waals surface area contributed by atoms with Crippen molar-refractivity contribution >= 4 is 11.0 Å². The lowest BCUT2D eigenvalue weighted by Gasteiger charge is -2.39. The molecule has 2 aromatic carbocycles. The summed E-state index contributed by atoms with van der Waals surface area (Å²) in [5, 5.41) is 10.2. The number of piperidine rings is 1. The molecule has 1 aromatic heterocycles. The Morgan fingerprint density at radius 3 is 2.59 bits per heavy atom. The van der Waals surface area contributed by atoms with Crippen molar-refractivity contribution in [2.75, 3.05) is 26.7 Å². The third-order valence-corrected chi connectivity index (χ3v) is 7.36. The maximum absolute atomic E-state index is 10.2. The highest BCUT2D eigenvalue weighted by molar-refractivity contribution is 5.76. The first-order valence-corrected chi connectivity index (χ1v) is 11.9. The molecule has 1 aliphatic heterocycles. The number of nitrogens with zero attached hydrogens (tertiary/aromatic N) is 2. The van der Waals surface area contributed by atoms with E-state index in [4.69, 9.17) is 4.74 Å². The first kappa shape index (κ1) is 21.6. The van der Waals surface area contributed by atoms with Crippen LogP contribution in [0, 0.1) is 11.8 Å². The number of H-pyrrole nitrogens is 1. The predicted molar refractivity (Wildman–Crippen MR) is 128 cm³/mol. The third-order valence-electron chi connectivity index (χ3n) is 7.36. The second-order valence-electron chi connectivity index (χ2n) is 10.3. The van der Waals surface area contributed by atoms with Gasteiger partial charge in [0, 0.05) is 20.2 Å². The fourth-order valence-corrected chi connectivity index (χ4v) is 5.62. The van der Waals surface area contributed by atoms with Crippen LogP contribution in [0.3, 0.4) is 0 Å². The molecule has 5 nitrogen and oxygen atoms in total. The summed E-state index contributed by atoms with van der Waals surface area (Å²) in [4.78, 5) is 10.5. The van der Waals surface area contributed by atoms with Gasteiger partial charge in [0.25, 0.3) is 0 Å². The second-order valence-corrected chi connectivity index (χ2v) is 10.3. The minimum Gasteiger partial charge on any atom is -0.383 e. The number of fused-ring (bicyclic) bond motifs is 2. The molecule has 0 radical (unpaired) electrons. The smallest absolute Gasteiger partial charge is 0.138 e. The van der Waals surface area contributed by atoms with Crippen molar-refractivity contribution in [1.29, 1.82) is 0 Å². The van der Waals surface area contributed by atoms with Gasteiger partial charge in [0.2, 0.25) is 0 Å². The molecule has 2 heterocycles. The van der Waals surface area contributed by atoms with Crippen molar-refractivity contribution in [2.45, 2.75) is 51.2 Å². The summed E-state index contributed by atoms with van der Waals surface area (Å²) < 4.78 is 5.97. The van der Waals surface area contributed by atoms with Gasteiger partial charge >= 0.3 is 0 Å². The van der Waals surface area contributed by atoms with E-state index in [1.54, 1.807) is 13.8 Å². The molecule has 3 aromatic rings. The SMILES string of the molecule is CO[C@H]1CN(CC2Cc3ccccc3C2)CC[C@H]1Cc1ccc2nc(C(C)(C)O)[nH]c2c1. The van der Waals surface area contributed by atoms with Crippen LogP contribution in [0.15, 0.2) is 42.5 Å². The van der Waals surface area contributed by atoms with Crippen LogP contribution in [0.2, 0.25) is 0 Å². The van der Waals surface area contributed by atoms with Crippen molar-refractivity contribution in [3.05, 3.63) is 65.0 Å². The third kappa shape index (κ3) is 4.47. The largest absolute Gasteiger partial charge is 0.383 e. The van der Waals surface area contributed by atoms with E-state index in [2.05, 4.69) is 57.3 Å². The molecule has 0 saturated carbocycles. The van der Waals surface area contributed by atoms with Crippen LogP contribution in [-0.2, 0) is 29.6 Å². The number of likely N-dealkylation sites (tertiary alicyclic amines) is 1. The Bertz CT molecular complexity index is 1060. The van der Waals surface area contributed by atoms with Crippen molar-refractivity contribution in [1.82, 2.24) is 14.9 Å². The van der Waals surface area contributed by atoms with Crippen LogP contribution in [0.5, 0.6) is 0 Å². The molecule has 2 aliphatic rings. The van der Waals surface area contributed by atoms with Crippen molar-refractivity contribution < 1.29 is 9.84 Å². The fraction of sp³-hybridized carbons (Fsp3) is 0.519. The van der Waals surface area contributed by atoms with E-state index in [9.17, 15) is 5.11 Å². The molecule has 2 N–H and O–H groups in total. The molecule has 0 bridgehead atoms. The maximum Gasteiger partial charge on any atom is 0.138 e. The van der Waals surface area contributed by atoms with E-state index in [-0.39, 0.29) is 6.10 Å². The molecular formula is C27H35N3O2. The normalized spacial score (nSPS) is 22.5. The topological polar surface area (TPSA) is 61.4 Å². The zero-order valence-corrected chi connectivity index (χ0v) is 19.5. The zero-order valence-electron chi connectivity index (χ0n) is 19.5. The molecule has 5 heteroatoms. The lowest BCUT2D eigenvalue weighted by molar-refractivity contribution is -0.0148. The highest BCUT2D eigenvalue weighted by Gasteiger charge is 2.32. The summed E-state index contributed by atoms with van der Waals surface area (Å²) in [7, 11) is 1.86. The van der Waals surface area contributed by atoms with Gasteiger partial charge in [-0.2, -0.15) is 0 Å². The summed E-state index contributed by atoms with van der Waals surface area (Å²) >= 11 is 0. The van der Waals surface area contributed by atoms with Crippen molar-refractivity contribution in [3.8, 4) is 0 Å². The van der Waals surface area contributed by atoms with Crippen LogP contribution in [0.1, 0.15) is 42.8 Å². The van der Waals surface area contributed by atoms with Crippen molar-refractivity contribution in [3.63, 3.8) is 0 Å². The zero-order chi connectivity index (χ0) is 22.3. The Labute approximate surface area is 190 Å². The lowest BCUT2D eigenvalue weighted by Crippen LogP contribution is -2.47.